The third kappa shape index (κ3) is 5.49. The fraction of sp³-hybridized carbons (Fsp3) is 0.136. The van der Waals surface area contributed by atoms with Gasteiger partial charge in [0, 0.05) is 18.3 Å². The molecule has 0 aromatic heterocycles. The van der Waals surface area contributed by atoms with Crippen LogP contribution in [0.25, 0.3) is 0 Å². The van der Waals surface area contributed by atoms with E-state index in [0.717, 1.165) is 0 Å². The van der Waals surface area contributed by atoms with E-state index >= 15 is 0 Å². The molecule has 3 aromatic carbocycles. The van der Waals surface area contributed by atoms with Gasteiger partial charge in [-0.1, -0.05) is 36.4 Å². The Labute approximate surface area is 163 Å². The van der Waals surface area contributed by atoms with Crippen LogP contribution in [-0.2, 0) is 0 Å². The molecule has 0 saturated heterocycles. The van der Waals surface area contributed by atoms with Crippen LogP contribution in [0.1, 0.15) is 11.7 Å². The lowest BCUT2D eigenvalue weighted by Crippen LogP contribution is -2.32. The van der Waals surface area contributed by atoms with Crippen molar-refractivity contribution in [2.45, 2.75) is 6.10 Å². The molecule has 0 fully saturated rings. The van der Waals surface area contributed by atoms with Gasteiger partial charge in [-0.15, -0.1) is 0 Å². The minimum atomic E-state index is -0.815. The number of amides is 2. The van der Waals surface area contributed by atoms with E-state index in [9.17, 15) is 9.90 Å². The highest BCUT2D eigenvalue weighted by Gasteiger charge is 2.10. The first kappa shape index (κ1) is 19.3. The molecule has 2 amide bonds. The number of hydrogen-bond donors (Lipinski definition) is 3. The number of urea groups is 1. The van der Waals surface area contributed by atoms with Crippen molar-refractivity contribution >= 4 is 11.7 Å². The minimum Gasteiger partial charge on any atom is -0.497 e. The molecule has 3 rings (SSSR count). The van der Waals surface area contributed by atoms with Gasteiger partial charge in [0.1, 0.15) is 17.2 Å². The van der Waals surface area contributed by atoms with E-state index in [1.807, 2.05) is 36.4 Å². The molecule has 0 heterocycles. The molecule has 0 aliphatic rings. The third-order valence-electron chi connectivity index (χ3n) is 4.03. The smallest absolute Gasteiger partial charge is 0.319 e. The first-order chi connectivity index (χ1) is 13.6. The van der Waals surface area contributed by atoms with Crippen LogP contribution in [0.4, 0.5) is 10.5 Å². The van der Waals surface area contributed by atoms with Gasteiger partial charge in [-0.2, -0.15) is 0 Å². The van der Waals surface area contributed by atoms with Gasteiger partial charge < -0.3 is 25.2 Å². The molecule has 0 spiro atoms. The van der Waals surface area contributed by atoms with E-state index in [0.29, 0.717) is 28.5 Å². The van der Waals surface area contributed by atoms with Crippen LogP contribution >= 0.6 is 0 Å². The van der Waals surface area contributed by atoms with Crippen molar-refractivity contribution in [3.05, 3.63) is 84.4 Å². The largest absolute Gasteiger partial charge is 0.497 e. The summed E-state index contributed by atoms with van der Waals surface area (Å²) in [6.07, 6.45) is -0.815. The Balaban J connectivity index is 1.52. The summed E-state index contributed by atoms with van der Waals surface area (Å²) < 4.78 is 10.8. The van der Waals surface area contributed by atoms with Crippen molar-refractivity contribution in [2.75, 3.05) is 19.0 Å². The quantitative estimate of drug-likeness (QED) is 0.571. The molecule has 6 nitrogen and oxygen atoms in total. The summed E-state index contributed by atoms with van der Waals surface area (Å²) in [5.41, 5.74) is 1.28. The first-order valence-corrected chi connectivity index (χ1v) is 8.84. The zero-order chi connectivity index (χ0) is 19.8. The summed E-state index contributed by atoms with van der Waals surface area (Å²) in [6.45, 7) is 0.0817. The van der Waals surface area contributed by atoms with E-state index in [1.54, 1.807) is 49.6 Å². The number of nitrogens with one attached hydrogen (secondary N) is 2. The van der Waals surface area contributed by atoms with Gasteiger partial charge in [-0.25, -0.2) is 4.79 Å². The van der Waals surface area contributed by atoms with Crippen LogP contribution in [-0.4, -0.2) is 24.8 Å². The highest BCUT2D eigenvalue weighted by atomic mass is 16.5. The predicted molar refractivity (Wildman–Crippen MR) is 108 cm³/mol. The Morgan fingerprint density at radius 1 is 0.929 bits per heavy atom. The number of benzene rings is 3. The summed E-state index contributed by atoms with van der Waals surface area (Å²) in [4.78, 5) is 12.1. The van der Waals surface area contributed by atoms with Crippen molar-refractivity contribution in [1.29, 1.82) is 0 Å². The van der Waals surface area contributed by atoms with E-state index in [1.165, 1.54) is 0 Å². The monoisotopic (exact) mass is 378 g/mol. The second-order valence-electron chi connectivity index (χ2n) is 6.07. The van der Waals surface area contributed by atoms with Crippen LogP contribution in [0.3, 0.4) is 0 Å². The molecule has 0 saturated carbocycles. The van der Waals surface area contributed by atoms with Crippen LogP contribution in [0, 0.1) is 0 Å². The molecule has 0 aliphatic carbocycles. The Bertz CT molecular complexity index is 898. The molecule has 144 valence electrons. The Hall–Kier alpha value is -3.51. The summed E-state index contributed by atoms with van der Waals surface area (Å²) >= 11 is 0. The fourth-order valence-electron chi connectivity index (χ4n) is 2.57. The molecule has 1 unspecified atom stereocenters. The van der Waals surface area contributed by atoms with Crippen LogP contribution in [0.15, 0.2) is 78.9 Å². The summed E-state index contributed by atoms with van der Waals surface area (Å²) in [7, 11) is 1.58. The third-order valence-corrected chi connectivity index (χ3v) is 4.03. The summed E-state index contributed by atoms with van der Waals surface area (Å²) in [6, 6.07) is 23.1. The summed E-state index contributed by atoms with van der Waals surface area (Å²) in [5.74, 6) is 2.04. The van der Waals surface area contributed by atoms with Gasteiger partial charge in [0.15, 0.2) is 0 Å². The van der Waals surface area contributed by atoms with Crippen molar-refractivity contribution < 1.29 is 19.4 Å². The van der Waals surface area contributed by atoms with Crippen LogP contribution in [0.2, 0.25) is 0 Å². The number of methoxy groups -OCH3 is 1. The van der Waals surface area contributed by atoms with Gasteiger partial charge in [0.05, 0.1) is 13.2 Å². The van der Waals surface area contributed by atoms with Crippen molar-refractivity contribution in [1.82, 2.24) is 5.32 Å². The molecule has 0 aliphatic heterocycles. The Morgan fingerprint density at radius 2 is 1.64 bits per heavy atom. The second kappa shape index (κ2) is 9.43. The van der Waals surface area contributed by atoms with Gasteiger partial charge in [0.2, 0.25) is 0 Å². The van der Waals surface area contributed by atoms with Crippen molar-refractivity contribution in [2.24, 2.45) is 0 Å². The number of anilines is 1. The van der Waals surface area contributed by atoms with E-state index < -0.39 is 12.1 Å². The van der Waals surface area contributed by atoms with Crippen LogP contribution < -0.4 is 20.1 Å². The number of hydrogen-bond acceptors (Lipinski definition) is 4. The molecule has 0 bridgehead atoms. The number of aliphatic hydroxyl groups is 1. The van der Waals surface area contributed by atoms with E-state index in [4.69, 9.17) is 9.47 Å². The lowest BCUT2D eigenvalue weighted by molar-refractivity contribution is 0.175. The zero-order valence-corrected chi connectivity index (χ0v) is 15.5. The fourth-order valence-corrected chi connectivity index (χ4v) is 2.57. The SMILES string of the molecule is COc1ccc(C(O)CNC(=O)Nc2cccc(Oc3ccccc3)c2)cc1. The van der Waals surface area contributed by atoms with Gasteiger partial charge in [-0.3, -0.25) is 0 Å². The standard InChI is InChI=1S/C22H22N2O4/c1-27-18-12-10-16(11-13-18)21(25)15-23-22(26)24-17-6-5-9-20(14-17)28-19-7-3-2-4-8-19/h2-14,21,25H,15H2,1H3,(H2,23,24,26). The minimum absolute atomic E-state index is 0.0817. The molecule has 28 heavy (non-hydrogen) atoms. The number of carbonyl (C=O) groups excluding carboxylic acids is 1. The second-order valence-corrected chi connectivity index (χ2v) is 6.07. The normalized spacial score (nSPS) is 11.4. The number of para-hydroxylation sites is 1. The van der Waals surface area contributed by atoms with Crippen LogP contribution in [0.5, 0.6) is 17.2 Å². The Morgan fingerprint density at radius 3 is 2.36 bits per heavy atom. The molecule has 3 aromatic rings. The molecular formula is C22H22N2O4. The van der Waals surface area contributed by atoms with Crippen molar-refractivity contribution in [3.8, 4) is 17.2 Å². The average Bonchev–Trinajstić information content (AvgIpc) is 2.73. The maximum absolute atomic E-state index is 12.1. The van der Waals surface area contributed by atoms with Crippen molar-refractivity contribution in [3.63, 3.8) is 0 Å². The molecule has 0 radical (unpaired) electrons. The number of aliphatic hydroxyl groups excluding tert-OH is 1. The molecular weight excluding hydrogens is 356 g/mol. The van der Waals surface area contributed by atoms with E-state index in [2.05, 4.69) is 10.6 Å². The predicted octanol–water partition coefficient (Wildman–Crippen LogP) is 4.34. The highest BCUT2D eigenvalue weighted by Crippen LogP contribution is 2.24. The number of rotatable bonds is 7. The molecule has 3 N–H and O–H groups in total. The number of carbonyl (C=O) groups is 1. The molecule has 6 heteroatoms. The summed E-state index contributed by atoms with van der Waals surface area (Å²) in [5, 5.41) is 15.6. The van der Waals surface area contributed by atoms with Gasteiger partial charge in [0.25, 0.3) is 0 Å². The topological polar surface area (TPSA) is 79.8 Å². The maximum Gasteiger partial charge on any atom is 0.319 e. The van der Waals surface area contributed by atoms with Gasteiger partial charge >= 0.3 is 6.03 Å². The van der Waals surface area contributed by atoms with Gasteiger partial charge in [-0.05, 0) is 42.0 Å². The zero-order valence-electron chi connectivity index (χ0n) is 15.5. The number of ether oxygens (including phenoxy) is 2. The lowest BCUT2D eigenvalue weighted by Gasteiger charge is -2.14. The Kier molecular flexibility index (Phi) is 6.49. The average molecular weight is 378 g/mol. The molecule has 1 atom stereocenters. The maximum atomic E-state index is 12.1. The first-order valence-electron chi connectivity index (χ1n) is 8.84. The highest BCUT2D eigenvalue weighted by molar-refractivity contribution is 5.89. The van der Waals surface area contributed by atoms with E-state index in [-0.39, 0.29) is 6.54 Å². The lowest BCUT2D eigenvalue weighted by atomic mass is 10.1.